The van der Waals surface area contributed by atoms with Crippen molar-refractivity contribution in [2.45, 2.75) is 62.3 Å². The zero-order chi connectivity index (χ0) is 24.2. The molecule has 1 aromatic heterocycles. The fraction of sp³-hybridized carbons (Fsp3) is 0.500. The molecule has 178 valence electrons. The molecule has 2 heterocycles. The van der Waals surface area contributed by atoms with E-state index in [1.165, 1.54) is 54.8 Å². The Morgan fingerprint density at radius 3 is 2.24 bits per heavy atom. The second-order valence-electron chi connectivity index (χ2n) is 8.79. The Labute approximate surface area is 201 Å². The molecule has 0 bridgehead atoms. The summed E-state index contributed by atoms with van der Waals surface area (Å²) < 4.78 is 33.0. The summed E-state index contributed by atoms with van der Waals surface area (Å²) in [6.07, 6.45) is 8.92. The number of thioether (sulfide) groups is 1. The molecule has 2 N–H and O–H groups in total. The topological polar surface area (TPSA) is 114 Å². The number of nitrogens with two attached hydrogens (primary N) is 1. The van der Waals surface area contributed by atoms with Crippen LogP contribution in [0.2, 0.25) is 0 Å². The van der Waals surface area contributed by atoms with Crippen molar-refractivity contribution < 1.29 is 17.6 Å². The van der Waals surface area contributed by atoms with Crippen LogP contribution < -0.4 is 15.4 Å². The monoisotopic (exact) mass is 488 g/mol. The highest BCUT2D eigenvalue weighted by molar-refractivity contribution is 7.98. The van der Waals surface area contributed by atoms with E-state index < -0.39 is 10.1 Å². The number of fused-ring (bicyclic) bond motifs is 1. The Balaban J connectivity index is 0.000000235. The molecule has 2 aliphatic rings. The van der Waals surface area contributed by atoms with Crippen molar-refractivity contribution in [1.82, 2.24) is 0 Å². The normalized spacial score (nSPS) is 16.4. The molecule has 33 heavy (non-hydrogen) atoms. The number of nitriles is 1. The number of nitrogens with zero attached hydrogens (tertiary/aromatic N) is 3. The van der Waals surface area contributed by atoms with Crippen LogP contribution in [-0.4, -0.2) is 32.3 Å². The van der Waals surface area contributed by atoms with Crippen LogP contribution in [0.1, 0.15) is 54.9 Å². The molecule has 4 rings (SSSR count). The number of aryl methyl sites for hydroxylation is 1. The molecule has 9 heteroatoms. The summed E-state index contributed by atoms with van der Waals surface area (Å²) >= 11 is 1.59. The second-order valence-corrected chi connectivity index (χ2v) is 11.0. The fourth-order valence-corrected chi connectivity index (χ4v) is 5.63. The molecular weight excluding hydrogens is 456 g/mol. The van der Waals surface area contributed by atoms with Gasteiger partial charge in [0.2, 0.25) is 5.03 Å². The van der Waals surface area contributed by atoms with E-state index >= 15 is 0 Å². The van der Waals surface area contributed by atoms with E-state index in [2.05, 4.69) is 17.9 Å². The van der Waals surface area contributed by atoms with Crippen LogP contribution >= 0.6 is 11.8 Å². The molecule has 1 aliphatic carbocycles. The van der Waals surface area contributed by atoms with Gasteiger partial charge in [-0.25, -0.2) is 8.42 Å². The smallest absolute Gasteiger partial charge is 0.304 e. The first-order chi connectivity index (χ1) is 15.7. The van der Waals surface area contributed by atoms with Crippen LogP contribution in [0.25, 0.3) is 0 Å². The van der Waals surface area contributed by atoms with Gasteiger partial charge in [0, 0.05) is 5.56 Å². The van der Waals surface area contributed by atoms with Gasteiger partial charge in [-0.15, -0.1) is 4.68 Å². The Morgan fingerprint density at radius 2 is 1.73 bits per heavy atom. The van der Waals surface area contributed by atoms with Crippen LogP contribution in [0.3, 0.4) is 0 Å². The molecule has 0 saturated carbocycles. The maximum absolute atomic E-state index is 10.4. The van der Waals surface area contributed by atoms with Gasteiger partial charge in [0.1, 0.15) is 21.8 Å². The van der Waals surface area contributed by atoms with Crippen molar-refractivity contribution in [2.24, 2.45) is 5.92 Å². The minimum Gasteiger partial charge on any atom is -0.744 e. The van der Waals surface area contributed by atoms with Gasteiger partial charge < -0.3 is 4.55 Å². The second kappa shape index (κ2) is 10.8. The molecule has 2 aromatic rings. The summed E-state index contributed by atoms with van der Waals surface area (Å²) in [6, 6.07) is 8.20. The van der Waals surface area contributed by atoms with E-state index in [0.717, 1.165) is 48.0 Å². The summed E-state index contributed by atoms with van der Waals surface area (Å²) in [5, 5.41) is 10.5. The van der Waals surface area contributed by atoms with E-state index in [0.29, 0.717) is 0 Å². The van der Waals surface area contributed by atoms with E-state index in [4.69, 9.17) is 5.84 Å². The number of rotatable bonds is 3. The number of pyridine rings is 1. The molecule has 1 saturated heterocycles. The molecule has 0 amide bonds. The van der Waals surface area contributed by atoms with E-state index in [1.54, 1.807) is 28.6 Å². The van der Waals surface area contributed by atoms with Crippen molar-refractivity contribution in [3.8, 4) is 6.07 Å². The largest absolute Gasteiger partial charge is 0.744 e. The molecular formula is C24H32N4O3S2. The van der Waals surface area contributed by atoms with E-state index in [9.17, 15) is 18.2 Å². The summed E-state index contributed by atoms with van der Waals surface area (Å²) in [5.74, 6) is 8.44. The molecule has 0 atom stereocenters. The Kier molecular flexibility index (Phi) is 8.27. The van der Waals surface area contributed by atoms with E-state index in [1.807, 2.05) is 13.2 Å². The zero-order valence-electron chi connectivity index (χ0n) is 19.5. The van der Waals surface area contributed by atoms with Gasteiger partial charge in [0.05, 0.1) is 18.0 Å². The van der Waals surface area contributed by atoms with Gasteiger partial charge in [0.25, 0.3) is 0 Å². The third-order valence-electron chi connectivity index (χ3n) is 6.40. The lowest BCUT2D eigenvalue weighted by Gasteiger charge is -2.30. The van der Waals surface area contributed by atoms with Crippen molar-refractivity contribution in [2.75, 3.05) is 30.1 Å². The highest BCUT2D eigenvalue weighted by atomic mass is 32.2. The molecule has 0 spiro atoms. The van der Waals surface area contributed by atoms with E-state index in [-0.39, 0.29) is 4.90 Å². The van der Waals surface area contributed by atoms with Gasteiger partial charge in [-0.05, 0) is 75.3 Å². The van der Waals surface area contributed by atoms with Crippen LogP contribution in [0, 0.1) is 24.2 Å². The van der Waals surface area contributed by atoms with Crippen molar-refractivity contribution in [1.29, 1.82) is 5.26 Å². The lowest BCUT2D eigenvalue weighted by atomic mass is 9.88. The van der Waals surface area contributed by atoms with Gasteiger partial charge in [-0.1, -0.05) is 36.4 Å². The SMILES string of the molecule is CSc1c(C#N)c2c(c(N3CCC(C)CC3)[n+]1N)CCCC2.Cc1ccc(S(=O)(=O)[O-])cc1. The molecule has 1 aliphatic heterocycles. The van der Waals surface area contributed by atoms with Gasteiger partial charge in [0.15, 0.2) is 0 Å². The standard InChI is InChI=1S/C17H25N4S.C7H8O3S/c1-12-7-9-20(10-8-12)16-14-6-4-3-5-13(14)15(11-18)17(22-2)21(16)19;1-6-2-4-7(5-3-6)11(8,9)10/h12H,3-10,19H2,1-2H3;2-5H,1H3,(H,8,9,10)/q+1;/p-1. The number of nitrogen functional groups attached to an aromatic ring is 1. The van der Waals surface area contributed by atoms with Gasteiger partial charge in [-0.2, -0.15) is 5.26 Å². The van der Waals surface area contributed by atoms with Gasteiger partial charge >= 0.3 is 5.82 Å². The van der Waals surface area contributed by atoms with Crippen LogP contribution in [-0.2, 0) is 23.0 Å². The highest BCUT2D eigenvalue weighted by Gasteiger charge is 2.34. The predicted molar refractivity (Wildman–Crippen MR) is 130 cm³/mol. The Hall–Kier alpha value is -2.28. The number of hydrogen-bond donors (Lipinski definition) is 1. The molecule has 1 fully saturated rings. The molecule has 0 radical (unpaired) electrons. The van der Waals surface area contributed by atoms with Crippen LogP contribution in [0.4, 0.5) is 5.82 Å². The minimum absolute atomic E-state index is 0.178. The minimum atomic E-state index is -4.27. The van der Waals surface area contributed by atoms with Crippen molar-refractivity contribution in [3.05, 3.63) is 46.5 Å². The summed E-state index contributed by atoms with van der Waals surface area (Å²) in [6.45, 7) is 6.30. The average molecular weight is 489 g/mol. The first-order valence-electron chi connectivity index (χ1n) is 11.3. The number of aromatic nitrogens is 1. The van der Waals surface area contributed by atoms with Crippen LogP contribution in [0.5, 0.6) is 0 Å². The third kappa shape index (κ3) is 5.81. The molecule has 1 aromatic carbocycles. The Morgan fingerprint density at radius 1 is 1.15 bits per heavy atom. The van der Waals surface area contributed by atoms with Crippen LogP contribution in [0.15, 0.2) is 34.2 Å². The summed E-state index contributed by atoms with van der Waals surface area (Å²) in [4.78, 5) is 2.27. The number of piperidine rings is 1. The third-order valence-corrected chi connectivity index (χ3v) is 8.04. The summed E-state index contributed by atoms with van der Waals surface area (Å²) in [7, 11) is -4.27. The maximum atomic E-state index is 10.4. The summed E-state index contributed by atoms with van der Waals surface area (Å²) in [5.41, 5.74) is 4.32. The Bertz CT molecular complexity index is 1130. The maximum Gasteiger partial charge on any atom is 0.304 e. The number of anilines is 1. The number of hydrogen-bond acceptors (Lipinski definition) is 7. The van der Waals surface area contributed by atoms with Gasteiger partial charge in [-0.3, -0.25) is 10.7 Å². The average Bonchev–Trinajstić information content (AvgIpc) is 2.79. The molecule has 7 nitrogen and oxygen atoms in total. The first kappa shape index (κ1) is 25.3. The lowest BCUT2D eigenvalue weighted by Crippen LogP contribution is -2.54. The first-order valence-corrected chi connectivity index (χ1v) is 13.9. The highest BCUT2D eigenvalue weighted by Crippen LogP contribution is 2.35. The molecule has 0 unspecified atom stereocenters. The lowest BCUT2D eigenvalue weighted by molar-refractivity contribution is -0.665. The van der Waals surface area contributed by atoms with Crippen molar-refractivity contribution in [3.63, 3.8) is 0 Å². The number of benzene rings is 1. The van der Waals surface area contributed by atoms with Crippen molar-refractivity contribution >= 4 is 27.7 Å². The fourth-order valence-electron chi connectivity index (χ4n) is 4.50. The quantitative estimate of drug-likeness (QED) is 0.305. The predicted octanol–water partition coefficient (Wildman–Crippen LogP) is 3.30. The zero-order valence-corrected chi connectivity index (χ0v) is 21.1.